The summed E-state index contributed by atoms with van der Waals surface area (Å²) < 4.78 is 29.1. The third-order valence-electron chi connectivity index (χ3n) is 3.62. The Bertz CT molecular complexity index is 1080. The number of fused-ring (bicyclic) bond motifs is 1. The molecule has 0 saturated heterocycles. The van der Waals surface area contributed by atoms with Gasteiger partial charge in [0.25, 0.3) is 0 Å². The van der Waals surface area contributed by atoms with E-state index in [0.717, 1.165) is 16.9 Å². The fourth-order valence-corrected chi connectivity index (χ4v) is 4.54. The van der Waals surface area contributed by atoms with Crippen LogP contribution in [0.25, 0.3) is 10.2 Å². The Hall–Kier alpha value is -1.93. The first kappa shape index (κ1) is 17.9. The highest BCUT2D eigenvalue weighted by Gasteiger charge is 2.16. The minimum absolute atomic E-state index is 0.127. The van der Waals surface area contributed by atoms with Gasteiger partial charge in [-0.2, -0.15) is 0 Å². The molecule has 0 atom stereocenters. The number of hydrogen-bond donors (Lipinski definition) is 1. The maximum Gasteiger partial charge on any atom is 0.308 e. The Morgan fingerprint density at radius 1 is 1.20 bits per heavy atom. The number of thiazole rings is 1. The molecule has 0 saturated carbocycles. The van der Waals surface area contributed by atoms with Gasteiger partial charge in [0.15, 0.2) is 0 Å². The van der Waals surface area contributed by atoms with Crippen molar-refractivity contribution in [2.45, 2.75) is 11.4 Å². The summed E-state index contributed by atoms with van der Waals surface area (Å²) in [7, 11) is -3.62. The number of aromatic nitrogens is 1. The van der Waals surface area contributed by atoms with Crippen molar-refractivity contribution in [1.82, 2.24) is 9.29 Å². The van der Waals surface area contributed by atoms with Crippen LogP contribution >= 0.6 is 22.9 Å². The molecule has 0 aliphatic rings. The van der Waals surface area contributed by atoms with Crippen LogP contribution in [0.3, 0.4) is 0 Å². The Kier molecular flexibility index (Phi) is 5.10. The fourth-order valence-electron chi connectivity index (χ4n) is 2.39. The molecule has 3 rings (SSSR count). The largest absolute Gasteiger partial charge is 0.308 e. The summed E-state index contributed by atoms with van der Waals surface area (Å²) in [5.74, 6) is 0. The standard InChI is InChI=1S/C17H15ClN2O3S2/c1-2-9-19-25(22,23)14-7-8-15-16(10-14)24-17(21)20(15)11-12-3-5-13(18)6-4-12/h2-8,10,19H,1,9,11H2. The Balaban J connectivity index is 1.99. The van der Waals surface area contributed by atoms with Gasteiger partial charge in [0.1, 0.15) is 0 Å². The van der Waals surface area contributed by atoms with Crippen molar-refractivity contribution in [3.8, 4) is 0 Å². The minimum Gasteiger partial charge on any atom is -0.294 e. The molecule has 8 heteroatoms. The molecule has 1 aromatic heterocycles. The van der Waals surface area contributed by atoms with E-state index in [2.05, 4.69) is 11.3 Å². The molecular formula is C17H15ClN2O3S2. The molecule has 3 aromatic rings. The first-order valence-electron chi connectivity index (χ1n) is 7.39. The summed E-state index contributed by atoms with van der Waals surface area (Å²) in [6, 6.07) is 11.9. The van der Waals surface area contributed by atoms with Gasteiger partial charge in [-0.1, -0.05) is 41.1 Å². The van der Waals surface area contributed by atoms with Crippen molar-refractivity contribution < 1.29 is 8.42 Å². The normalized spacial score (nSPS) is 11.7. The summed E-state index contributed by atoms with van der Waals surface area (Å²) in [6.45, 7) is 4.04. The fraction of sp³-hybridized carbons (Fsp3) is 0.118. The van der Waals surface area contributed by atoms with E-state index in [1.807, 2.05) is 12.1 Å². The van der Waals surface area contributed by atoms with Crippen LogP contribution < -0.4 is 9.60 Å². The van der Waals surface area contributed by atoms with Crippen molar-refractivity contribution >= 4 is 43.2 Å². The number of halogens is 1. The molecule has 0 fully saturated rings. The van der Waals surface area contributed by atoms with Gasteiger partial charge in [0.05, 0.1) is 21.7 Å². The summed E-state index contributed by atoms with van der Waals surface area (Å²) in [4.78, 5) is 12.3. The number of nitrogens with one attached hydrogen (secondary N) is 1. The summed E-state index contributed by atoms with van der Waals surface area (Å²) >= 11 is 6.90. The van der Waals surface area contributed by atoms with Crippen LogP contribution in [0, 0.1) is 0 Å². The monoisotopic (exact) mass is 394 g/mol. The van der Waals surface area contributed by atoms with Crippen LogP contribution in [0.5, 0.6) is 0 Å². The highest BCUT2D eigenvalue weighted by Crippen LogP contribution is 2.22. The lowest BCUT2D eigenvalue weighted by Gasteiger charge is -2.06. The van der Waals surface area contributed by atoms with Crippen LogP contribution in [-0.2, 0) is 16.6 Å². The van der Waals surface area contributed by atoms with E-state index >= 15 is 0 Å². The van der Waals surface area contributed by atoms with Gasteiger partial charge in [-0.15, -0.1) is 6.58 Å². The van der Waals surface area contributed by atoms with Crippen molar-refractivity contribution in [3.05, 3.63) is 75.4 Å². The van der Waals surface area contributed by atoms with Crippen LogP contribution in [0.2, 0.25) is 5.02 Å². The van der Waals surface area contributed by atoms with E-state index < -0.39 is 10.0 Å². The first-order chi connectivity index (χ1) is 11.9. The molecule has 1 N–H and O–H groups in total. The lowest BCUT2D eigenvalue weighted by atomic mass is 10.2. The number of rotatable bonds is 6. The number of benzene rings is 2. The van der Waals surface area contributed by atoms with Crippen molar-refractivity contribution in [2.24, 2.45) is 0 Å². The average Bonchev–Trinajstić information content (AvgIpc) is 2.90. The molecule has 130 valence electrons. The predicted octanol–water partition coefficient (Wildman–Crippen LogP) is 3.23. The van der Waals surface area contributed by atoms with E-state index in [-0.39, 0.29) is 16.3 Å². The lowest BCUT2D eigenvalue weighted by molar-refractivity contribution is 0.586. The lowest BCUT2D eigenvalue weighted by Crippen LogP contribution is -2.23. The maximum absolute atomic E-state index is 12.3. The second-order valence-corrected chi connectivity index (χ2v) is 8.55. The molecule has 5 nitrogen and oxygen atoms in total. The zero-order chi connectivity index (χ0) is 18.0. The van der Waals surface area contributed by atoms with Crippen molar-refractivity contribution in [1.29, 1.82) is 0 Å². The average molecular weight is 395 g/mol. The van der Waals surface area contributed by atoms with Crippen molar-refractivity contribution in [3.63, 3.8) is 0 Å². The number of hydrogen-bond acceptors (Lipinski definition) is 4. The first-order valence-corrected chi connectivity index (χ1v) is 10.1. The Morgan fingerprint density at radius 2 is 1.92 bits per heavy atom. The van der Waals surface area contributed by atoms with Crippen LogP contribution in [-0.4, -0.2) is 19.5 Å². The molecule has 0 aliphatic carbocycles. The van der Waals surface area contributed by atoms with E-state index in [0.29, 0.717) is 21.8 Å². The molecule has 1 heterocycles. The topological polar surface area (TPSA) is 68.2 Å². The zero-order valence-corrected chi connectivity index (χ0v) is 15.5. The van der Waals surface area contributed by atoms with Gasteiger partial charge in [-0.3, -0.25) is 9.36 Å². The molecule has 0 bridgehead atoms. The molecule has 0 aliphatic heterocycles. The number of nitrogens with zero attached hydrogens (tertiary/aromatic N) is 1. The molecule has 2 aromatic carbocycles. The summed E-state index contributed by atoms with van der Waals surface area (Å²) in [5, 5.41) is 0.633. The molecule has 0 spiro atoms. The van der Waals surface area contributed by atoms with Crippen LogP contribution in [0.4, 0.5) is 0 Å². The minimum atomic E-state index is -3.62. The Morgan fingerprint density at radius 3 is 2.60 bits per heavy atom. The van der Waals surface area contributed by atoms with Gasteiger partial charge in [0.2, 0.25) is 10.0 Å². The van der Waals surface area contributed by atoms with E-state index in [4.69, 9.17) is 11.6 Å². The second-order valence-electron chi connectivity index (χ2n) is 5.35. The van der Waals surface area contributed by atoms with Gasteiger partial charge >= 0.3 is 4.87 Å². The smallest absolute Gasteiger partial charge is 0.294 e. The third-order valence-corrected chi connectivity index (χ3v) is 6.24. The quantitative estimate of drug-likeness (QED) is 0.652. The molecular weight excluding hydrogens is 380 g/mol. The SMILES string of the molecule is C=CCNS(=O)(=O)c1ccc2c(c1)sc(=O)n2Cc1ccc(Cl)cc1. The van der Waals surface area contributed by atoms with Crippen LogP contribution in [0.15, 0.2) is 64.8 Å². The molecule has 0 amide bonds. The van der Waals surface area contributed by atoms with Gasteiger partial charge < -0.3 is 0 Å². The molecule has 25 heavy (non-hydrogen) atoms. The van der Waals surface area contributed by atoms with Gasteiger partial charge in [0, 0.05) is 11.6 Å². The third kappa shape index (κ3) is 3.85. The highest BCUT2D eigenvalue weighted by atomic mass is 35.5. The van der Waals surface area contributed by atoms with Crippen molar-refractivity contribution in [2.75, 3.05) is 6.54 Å². The summed E-state index contributed by atoms with van der Waals surface area (Å²) in [6.07, 6.45) is 1.47. The Labute approximate surface area is 154 Å². The maximum atomic E-state index is 12.3. The summed E-state index contributed by atoms with van der Waals surface area (Å²) in [5.41, 5.74) is 1.64. The zero-order valence-electron chi connectivity index (χ0n) is 13.1. The van der Waals surface area contributed by atoms with Gasteiger partial charge in [-0.05, 0) is 35.9 Å². The molecule has 0 unspecified atom stereocenters. The van der Waals surface area contributed by atoms with Gasteiger partial charge in [-0.25, -0.2) is 13.1 Å². The molecule has 0 radical (unpaired) electrons. The highest BCUT2D eigenvalue weighted by molar-refractivity contribution is 7.89. The van der Waals surface area contributed by atoms with Crippen LogP contribution in [0.1, 0.15) is 5.56 Å². The van der Waals surface area contributed by atoms with E-state index in [9.17, 15) is 13.2 Å². The van der Waals surface area contributed by atoms with E-state index in [1.165, 1.54) is 18.2 Å². The number of sulfonamides is 1. The van der Waals surface area contributed by atoms with E-state index in [1.54, 1.807) is 22.8 Å². The second kappa shape index (κ2) is 7.13. The predicted molar refractivity (Wildman–Crippen MR) is 102 cm³/mol.